The maximum absolute atomic E-state index is 12.5. The molecule has 0 aromatic heterocycles. The highest BCUT2D eigenvalue weighted by atomic mass is 35.5. The van der Waals surface area contributed by atoms with Crippen LogP contribution in [0, 0.1) is 0 Å². The van der Waals surface area contributed by atoms with Gasteiger partial charge in [0.2, 0.25) is 0 Å². The van der Waals surface area contributed by atoms with Crippen molar-refractivity contribution in [1.82, 2.24) is 9.80 Å². The summed E-state index contributed by atoms with van der Waals surface area (Å²) >= 11 is 12.2. The Morgan fingerprint density at radius 2 is 1.81 bits per heavy atom. The van der Waals surface area contributed by atoms with Crippen molar-refractivity contribution >= 4 is 29.1 Å². The van der Waals surface area contributed by atoms with Gasteiger partial charge in [-0.25, -0.2) is 0 Å². The van der Waals surface area contributed by atoms with Gasteiger partial charge in [0.05, 0.1) is 22.2 Å². The number of nitrogens with zero attached hydrogens (tertiary/aromatic N) is 2. The van der Waals surface area contributed by atoms with E-state index < -0.39 is 0 Å². The van der Waals surface area contributed by atoms with E-state index in [4.69, 9.17) is 23.2 Å². The summed E-state index contributed by atoms with van der Waals surface area (Å²) in [5.74, 6) is -0.123. The van der Waals surface area contributed by atoms with Gasteiger partial charge in [0.15, 0.2) is 0 Å². The number of piperazine rings is 1. The van der Waals surface area contributed by atoms with Crippen LogP contribution >= 0.6 is 23.2 Å². The Kier molecular flexibility index (Phi) is 5.88. The first kappa shape index (κ1) is 16.6. The van der Waals surface area contributed by atoms with Crippen LogP contribution < -0.4 is 0 Å². The average Bonchev–Trinajstić information content (AvgIpc) is 2.49. The van der Waals surface area contributed by atoms with Gasteiger partial charge >= 0.3 is 0 Å². The lowest BCUT2D eigenvalue weighted by atomic mass is 10.1. The average molecular weight is 331 g/mol. The van der Waals surface area contributed by atoms with E-state index in [9.17, 15) is 9.90 Å². The monoisotopic (exact) mass is 330 g/mol. The van der Waals surface area contributed by atoms with E-state index in [0.717, 1.165) is 19.5 Å². The minimum atomic E-state index is -0.123. The van der Waals surface area contributed by atoms with Crippen molar-refractivity contribution in [1.29, 1.82) is 0 Å². The van der Waals surface area contributed by atoms with Gasteiger partial charge in [0.1, 0.15) is 0 Å². The molecule has 1 N–H and O–H groups in total. The maximum atomic E-state index is 12.5. The molecule has 1 aromatic carbocycles. The zero-order chi connectivity index (χ0) is 15.4. The second-order valence-corrected chi connectivity index (χ2v) is 5.98. The predicted molar refractivity (Wildman–Crippen MR) is 85.1 cm³/mol. The van der Waals surface area contributed by atoms with Gasteiger partial charge in [0, 0.05) is 32.2 Å². The van der Waals surface area contributed by atoms with Crippen LogP contribution in [0.15, 0.2) is 18.2 Å². The summed E-state index contributed by atoms with van der Waals surface area (Å²) in [5.41, 5.74) is 0.378. The summed E-state index contributed by atoms with van der Waals surface area (Å²) in [5, 5.41) is 10.1. The third kappa shape index (κ3) is 3.69. The number of aliphatic hydroxyl groups excluding tert-OH is 1. The Morgan fingerprint density at radius 1 is 1.24 bits per heavy atom. The fourth-order valence-electron chi connectivity index (χ4n) is 2.65. The number of hydrogen-bond acceptors (Lipinski definition) is 3. The Labute approximate surface area is 135 Å². The first-order chi connectivity index (χ1) is 10.1. The van der Waals surface area contributed by atoms with Crippen LogP contribution in [0.25, 0.3) is 0 Å². The lowest BCUT2D eigenvalue weighted by molar-refractivity contribution is 0.0472. The van der Waals surface area contributed by atoms with Crippen molar-refractivity contribution < 1.29 is 9.90 Å². The lowest BCUT2D eigenvalue weighted by Crippen LogP contribution is -2.52. The third-order valence-electron chi connectivity index (χ3n) is 3.98. The predicted octanol–water partition coefficient (Wildman–Crippen LogP) is 2.52. The Morgan fingerprint density at radius 3 is 2.29 bits per heavy atom. The highest BCUT2D eigenvalue weighted by molar-refractivity contribution is 6.39. The quantitative estimate of drug-likeness (QED) is 0.922. The van der Waals surface area contributed by atoms with Crippen LogP contribution in [-0.2, 0) is 0 Å². The molecule has 0 bridgehead atoms. The molecule has 6 heteroatoms. The zero-order valence-electron chi connectivity index (χ0n) is 12.1. The van der Waals surface area contributed by atoms with E-state index in [1.165, 1.54) is 0 Å². The largest absolute Gasteiger partial charge is 0.395 e. The molecule has 1 aromatic rings. The fraction of sp³-hybridized carbons (Fsp3) is 0.533. The van der Waals surface area contributed by atoms with Crippen LogP contribution in [-0.4, -0.2) is 59.6 Å². The van der Waals surface area contributed by atoms with E-state index in [-0.39, 0.29) is 18.6 Å². The smallest absolute Gasteiger partial charge is 0.256 e. The molecule has 1 aliphatic heterocycles. The summed E-state index contributed by atoms with van der Waals surface area (Å²) in [4.78, 5) is 16.5. The number of hydrogen-bond donors (Lipinski definition) is 1. The van der Waals surface area contributed by atoms with Gasteiger partial charge in [-0.05, 0) is 18.6 Å². The minimum absolute atomic E-state index is 0.123. The molecule has 1 atom stereocenters. The van der Waals surface area contributed by atoms with Gasteiger partial charge < -0.3 is 10.0 Å². The Bertz CT molecular complexity index is 478. The van der Waals surface area contributed by atoms with Gasteiger partial charge in [-0.2, -0.15) is 0 Å². The second kappa shape index (κ2) is 7.45. The number of aliphatic hydroxyl groups is 1. The van der Waals surface area contributed by atoms with E-state index in [0.29, 0.717) is 28.7 Å². The van der Waals surface area contributed by atoms with Crippen molar-refractivity contribution in [3.8, 4) is 0 Å². The molecule has 1 saturated heterocycles. The summed E-state index contributed by atoms with van der Waals surface area (Å²) in [7, 11) is 0. The molecule has 1 heterocycles. The number of benzene rings is 1. The molecule has 0 radical (unpaired) electrons. The molecular formula is C15H20Cl2N2O2. The molecule has 1 amide bonds. The highest BCUT2D eigenvalue weighted by Gasteiger charge is 2.27. The molecule has 0 aliphatic carbocycles. The van der Waals surface area contributed by atoms with Gasteiger partial charge in [-0.15, -0.1) is 0 Å². The van der Waals surface area contributed by atoms with Gasteiger partial charge in [-0.1, -0.05) is 36.2 Å². The third-order valence-corrected chi connectivity index (χ3v) is 4.61. The van der Waals surface area contributed by atoms with Crippen LogP contribution in [0.3, 0.4) is 0 Å². The molecule has 0 saturated carbocycles. The number of carbonyl (C=O) groups is 1. The normalized spacial score (nSPS) is 17.8. The molecule has 1 aliphatic rings. The van der Waals surface area contributed by atoms with E-state index in [1.54, 1.807) is 23.1 Å². The fourth-order valence-corrected chi connectivity index (χ4v) is 3.21. The van der Waals surface area contributed by atoms with Crippen LogP contribution in [0.4, 0.5) is 0 Å². The van der Waals surface area contributed by atoms with Crippen LogP contribution in [0.5, 0.6) is 0 Å². The topological polar surface area (TPSA) is 43.8 Å². The Balaban J connectivity index is 2.04. The summed E-state index contributed by atoms with van der Waals surface area (Å²) < 4.78 is 0. The van der Waals surface area contributed by atoms with E-state index in [2.05, 4.69) is 11.8 Å². The molecule has 21 heavy (non-hydrogen) atoms. The molecule has 2 rings (SSSR count). The molecule has 4 nitrogen and oxygen atoms in total. The standard InChI is InChI=1S/C15H20Cl2N2O2/c1-2-11(10-20)18-6-8-19(9-7-18)15(21)14-12(16)4-3-5-13(14)17/h3-5,11,20H,2,6-10H2,1H3. The number of halogens is 2. The van der Waals surface area contributed by atoms with E-state index >= 15 is 0 Å². The first-order valence-corrected chi connectivity index (χ1v) is 7.92. The molecule has 116 valence electrons. The van der Waals surface area contributed by atoms with Crippen LogP contribution in [0.1, 0.15) is 23.7 Å². The van der Waals surface area contributed by atoms with E-state index in [1.807, 2.05) is 0 Å². The molecule has 0 spiro atoms. The number of rotatable bonds is 4. The van der Waals surface area contributed by atoms with Crippen molar-refractivity contribution in [2.45, 2.75) is 19.4 Å². The van der Waals surface area contributed by atoms with Crippen molar-refractivity contribution in [2.24, 2.45) is 0 Å². The zero-order valence-corrected chi connectivity index (χ0v) is 13.6. The SMILES string of the molecule is CCC(CO)N1CCN(C(=O)c2c(Cl)cccc2Cl)CC1. The molecular weight excluding hydrogens is 311 g/mol. The van der Waals surface area contributed by atoms with Crippen molar-refractivity contribution in [3.05, 3.63) is 33.8 Å². The van der Waals surface area contributed by atoms with Crippen LogP contribution in [0.2, 0.25) is 10.0 Å². The Hall–Kier alpha value is -0.810. The molecule has 1 fully saturated rings. The highest BCUT2D eigenvalue weighted by Crippen LogP contribution is 2.26. The van der Waals surface area contributed by atoms with Crippen molar-refractivity contribution in [2.75, 3.05) is 32.8 Å². The molecule has 1 unspecified atom stereocenters. The summed E-state index contributed by atoms with van der Waals surface area (Å²) in [6.45, 7) is 4.97. The maximum Gasteiger partial charge on any atom is 0.256 e. The minimum Gasteiger partial charge on any atom is -0.395 e. The number of amides is 1. The van der Waals surface area contributed by atoms with Gasteiger partial charge in [0.25, 0.3) is 5.91 Å². The first-order valence-electron chi connectivity index (χ1n) is 7.16. The second-order valence-electron chi connectivity index (χ2n) is 5.17. The summed E-state index contributed by atoms with van der Waals surface area (Å²) in [6.07, 6.45) is 0.904. The van der Waals surface area contributed by atoms with Gasteiger partial charge in [-0.3, -0.25) is 9.69 Å². The lowest BCUT2D eigenvalue weighted by Gasteiger charge is -2.38. The summed E-state index contributed by atoms with van der Waals surface area (Å²) in [6, 6.07) is 5.25. The number of carbonyl (C=O) groups excluding carboxylic acids is 1. The van der Waals surface area contributed by atoms with Crippen molar-refractivity contribution in [3.63, 3.8) is 0 Å².